The Hall–Kier alpha value is -2.96. The van der Waals surface area contributed by atoms with Gasteiger partial charge in [-0.2, -0.15) is 20.0 Å². The maximum atomic E-state index is 10.5. The zero-order valence-electron chi connectivity index (χ0n) is 13.6. The average molecular weight is 340 g/mol. The predicted octanol–water partition coefficient (Wildman–Crippen LogP) is 2.32. The van der Waals surface area contributed by atoms with Crippen LogP contribution < -0.4 is 0 Å². The van der Waals surface area contributed by atoms with Crippen LogP contribution in [0.4, 0.5) is 0 Å². The van der Waals surface area contributed by atoms with Crippen LogP contribution in [0.1, 0.15) is 51.4 Å². The van der Waals surface area contributed by atoms with E-state index >= 15 is 0 Å². The second kappa shape index (κ2) is 8.23. The molecule has 8 nitrogen and oxygen atoms in total. The molecule has 0 unspecified atom stereocenters. The molecule has 2 aliphatic carbocycles. The summed E-state index contributed by atoms with van der Waals surface area (Å²) in [6.07, 6.45) is 10.1. The van der Waals surface area contributed by atoms with Crippen molar-refractivity contribution in [1.82, 2.24) is 0 Å². The number of hydrogen-bond donors (Lipinski definition) is 0. The molecule has 25 heavy (non-hydrogen) atoms. The third-order valence-corrected chi connectivity index (χ3v) is 4.68. The minimum absolute atomic E-state index is 0.432. The normalized spacial score (nSPS) is 28.3. The van der Waals surface area contributed by atoms with E-state index in [1.165, 1.54) is 24.3 Å². The second-order valence-electron chi connectivity index (χ2n) is 6.11. The van der Waals surface area contributed by atoms with Crippen LogP contribution in [0, 0.1) is 0 Å². The molecule has 2 saturated carbocycles. The third-order valence-electron chi connectivity index (χ3n) is 4.68. The van der Waals surface area contributed by atoms with E-state index in [1.54, 1.807) is 0 Å². The van der Waals surface area contributed by atoms with E-state index in [2.05, 4.69) is 25.7 Å². The molecule has 2 fully saturated rings. The summed E-state index contributed by atoms with van der Waals surface area (Å²) < 4.78 is 0. The summed E-state index contributed by atoms with van der Waals surface area (Å²) >= 11 is 0. The Morgan fingerprint density at radius 1 is 0.560 bits per heavy atom. The highest BCUT2D eigenvalue weighted by Gasteiger charge is 2.35. The van der Waals surface area contributed by atoms with Crippen LogP contribution in [0.2, 0.25) is 0 Å². The van der Waals surface area contributed by atoms with Crippen LogP contribution in [0.5, 0.6) is 0 Å². The van der Waals surface area contributed by atoms with Crippen molar-refractivity contribution < 1.29 is 19.2 Å². The van der Waals surface area contributed by atoms with Crippen molar-refractivity contribution in [3.63, 3.8) is 0 Å². The maximum absolute atomic E-state index is 10.5. The van der Waals surface area contributed by atoms with Crippen molar-refractivity contribution in [2.24, 2.45) is 20.0 Å². The van der Waals surface area contributed by atoms with E-state index < -0.39 is 11.3 Å². The van der Waals surface area contributed by atoms with Gasteiger partial charge in [0.25, 0.3) is 0 Å². The van der Waals surface area contributed by atoms with E-state index in [9.17, 15) is 19.2 Å². The molecule has 0 bridgehead atoms. The SMILES string of the molecule is O=C=NC1(N=C=O)CCC(=C=C2CCC(N=C=O)(N=C=O)CC2)CC1. The van der Waals surface area contributed by atoms with Gasteiger partial charge in [-0.3, -0.25) is 0 Å². The second-order valence-corrected chi connectivity index (χ2v) is 6.11. The molecule has 8 heteroatoms. The first-order valence-corrected chi connectivity index (χ1v) is 7.93. The Bertz CT molecular complexity index is 675. The Balaban J connectivity index is 2.12. The minimum Gasteiger partial charge on any atom is -0.211 e. The van der Waals surface area contributed by atoms with Gasteiger partial charge in [0.1, 0.15) is 0 Å². The van der Waals surface area contributed by atoms with Gasteiger partial charge in [0.2, 0.25) is 24.3 Å². The number of aliphatic imine (C=N–C) groups is 4. The molecule has 2 aliphatic rings. The highest BCUT2D eigenvalue weighted by Crippen LogP contribution is 2.38. The van der Waals surface area contributed by atoms with Crippen molar-refractivity contribution in [3.05, 3.63) is 16.9 Å². The largest absolute Gasteiger partial charge is 0.237 e. The van der Waals surface area contributed by atoms with Crippen molar-refractivity contribution in [1.29, 1.82) is 0 Å². The molecule has 0 radical (unpaired) electrons. The molecule has 0 atom stereocenters. The van der Waals surface area contributed by atoms with Gasteiger partial charge in [0.05, 0.1) is 0 Å². The Morgan fingerprint density at radius 3 is 1.08 bits per heavy atom. The summed E-state index contributed by atoms with van der Waals surface area (Å²) in [6, 6.07) is 0. The summed E-state index contributed by atoms with van der Waals surface area (Å²) in [6.45, 7) is 0. The van der Waals surface area contributed by atoms with Crippen molar-refractivity contribution in [3.8, 4) is 0 Å². The van der Waals surface area contributed by atoms with Crippen molar-refractivity contribution in [2.45, 2.75) is 62.7 Å². The van der Waals surface area contributed by atoms with Gasteiger partial charge in [0, 0.05) is 0 Å². The summed E-state index contributed by atoms with van der Waals surface area (Å²) in [7, 11) is 0. The lowest BCUT2D eigenvalue weighted by Crippen LogP contribution is -2.28. The zero-order valence-corrected chi connectivity index (χ0v) is 13.6. The quantitative estimate of drug-likeness (QED) is 0.443. The zero-order chi connectivity index (χ0) is 18.2. The Kier molecular flexibility index (Phi) is 6.05. The Morgan fingerprint density at radius 2 is 0.840 bits per heavy atom. The van der Waals surface area contributed by atoms with Gasteiger partial charge >= 0.3 is 0 Å². The topological polar surface area (TPSA) is 118 Å². The smallest absolute Gasteiger partial charge is 0.211 e. The van der Waals surface area contributed by atoms with Crippen molar-refractivity contribution >= 4 is 24.3 Å². The van der Waals surface area contributed by atoms with Crippen LogP contribution in [-0.4, -0.2) is 35.6 Å². The first-order chi connectivity index (χ1) is 12.1. The molecule has 0 heterocycles. The Labute approximate surface area is 143 Å². The monoisotopic (exact) mass is 340 g/mol. The summed E-state index contributed by atoms with van der Waals surface area (Å²) in [4.78, 5) is 56.8. The van der Waals surface area contributed by atoms with E-state index in [1.807, 2.05) is 0 Å². The lowest BCUT2D eigenvalue weighted by Gasteiger charge is -2.29. The molecule has 0 spiro atoms. The average Bonchev–Trinajstić information content (AvgIpc) is 2.60. The third kappa shape index (κ3) is 4.53. The molecule has 0 aliphatic heterocycles. The number of allylic oxidation sites excluding steroid dienone is 1. The highest BCUT2D eigenvalue weighted by atomic mass is 16.1. The lowest BCUT2D eigenvalue weighted by atomic mass is 9.83. The molecule has 0 aromatic carbocycles. The number of nitrogens with zero attached hydrogens (tertiary/aromatic N) is 4. The van der Waals surface area contributed by atoms with Gasteiger partial charge in [-0.25, -0.2) is 19.2 Å². The fraction of sp³-hybridized carbons (Fsp3) is 0.588. The van der Waals surface area contributed by atoms with Crippen LogP contribution in [0.3, 0.4) is 0 Å². The number of hydrogen-bond acceptors (Lipinski definition) is 8. The molecule has 2 rings (SSSR count). The van der Waals surface area contributed by atoms with E-state index in [4.69, 9.17) is 0 Å². The maximum Gasteiger partial charge on any atom is 0.237 e. The molecule has 0 aromatic rings. The standard InChI is InChI=1S/C17H16N4O4/c22-10-18-16(19-11-23)5-1-14(2-6-16)9-15-3-7-17(8-4-15,20-12-24)21-13-25/h1-8H2. The highest BCUT2D eigenvalue weighted by molar-refractivity contribution is 5.40. The van der Waals surface area contributed by atoms with E-state index in [0.717, 1.165) is 11.1 Å². The van der Waals surface area contributed by atoms with Crippen LogP contribution >= 0.6 is 0 Å². The lowest BCUT2D eigenvalue weighted by molar-refractivity contribution is 0.343. The molecule has 0 N–H and O–H groups in total. The number of rotatable bonds is 4. The van der Waals surface area contributed by atoms with Crippen molar-refractivity contribution in [2.75, 3.05) is 0 Å². The van der Waals surface area contributed by atoms with E-state index in [0.29, 0.717) is 51.4 Å². The van der Waals surface area contributed by atoms with Gasteiger partial charge < -0.3 is 0 Å². The van der Waals surface area contributed by atoms with Crippen LogP contribution in [0.15, 0.2) is 36.8 Å². The molecule has 0 aromatic heterocycles. The summed E-state index contributed by atoms with van der Waals surface area (Å²) in [5.74, 6) is 0. The minimum atomic E-state index is -1.04. The first kappa shape index (κ1) is 18.4. The first-order valence-electron chi connectivity index (χ1n) is 7.93. The van der Waals surface area contributed by atoms with Crippen LogP contribution in [-0.2, 0) is 19.2 Å². The van der Waals surface area contributed by atoms with Gasteiger partial charge in [-0.05, 0) is 62.5 Å². The van der Waals surface area contributed by atoms with Gasteiger partial charge in [-0.15, -0.1) is 5.73 Å². The van der Waals surface area contributed by atoms with E-state index in [-0.39, 0.29) is 0 Å². The fourth-order valence-electron chi connectivity index (χ4n) is 3.24. The summed E-state index contributed by atoms with van der Waals surface area (Å²) in [5, 5.41) is 0. The number of carbonyl (C=O) groups excluding carboxylic acids is 4. The molecule has 0 amide bonds. The van der Waals surface area contributed by atoms with Gasteiger partial charge in [0.15, 0.2) is 11.3 Å². The molecule has 128 valence electrons. The summed E-state index contributed by atoms with van der Waals surface area (Å²) in [5.41, 5.74) is 3.42. The van der Waals surface area contributed by atoms with Crippen LogP contribution in [0.25, 0.3) is 0 Å². The van der Waals surface area contributed by atoms with Gasteiger partial charge in [-0.1, -0.05) is 0 Å². The molecule has 0 saturated heterocycles. The fourth-order valence-corrected chi connectivity index (χ4v) is 3.24. The number of isocyanates is 4. The molecular formula is C17H16N4O4. The predicted molar refractivity (Wildman–Crippen MR) is 85.4 cm³/mol. The molecular weight excluding hydrogens is 324 g/mol.